The van der Waals surface area contributed by atoms with Crippen LogP contribution < -0.4 is 4.52 Å². The molecule has 0 saturated carbocycles. The summed E-state index contributed by atoms with van der Waals surface area (Å²) in [5, 5.41) is 5.69. The quantitative estimate of drug-likeness (QED) is 0.705. The fourth-order valence-corrected chi connectivity index (χ4v) is 2.59. The van der Waals surface area contributed by atoms with Crippen molar-refractivity contribution in [3.8, 4) is 0 Å². The molecule has 0 amide bonds. The summed E-state index contributed by atoms with van der Waals surface area (Å²) >= 11 is 1.69. The normalized spacial score (nSPS) is 11.1. The van der Waals surface area contributed by atoms with Crippen molar-refractivity contribution in [1.82, 2.24) is 10.1 Å². The molecule has 14 heavy (non-hydrogen) atoms. The van der Waals surface area contributed by atoms with Crippen LogP contribution in [0.2, 0.25) is 0 Å². The first-order chi connectivity index (χ1) is 6.70. The maximum atomic E-state index is 4.52. The van der Waals surface area contributed by atoms with Crippen molar-refractivity contribution in [2.75, 3.05) is 0 Å². The fourth-order valence-electron chi connectivity index (χ4n) is 1.48. The summed E-state index contributed by atoms with van der Waals surface area (Å²) in [4.78, 5) is 5.46. The number of rotatable bonds is 2. The lowest BCUT2D eigenvalue weighted by molar-refractivity contribution is -0.585. The molecule has 0 aliphatic carbocycles. The standard InChI is InChI=1S/C10H14N3S/c1-4-5-9-12-13-8(3)6-7(2)11-10(13)14-9/h6H,4-5H2,1-3H3/q+1. The van der Waals surface area contributed by atoms with Gasteiger partial charge >= 0.3 is 4.96 Å². The minimum atomic E-state index is 1.01. The van der Waals surface area contributed by atoms with E-state index in [1.165, 1.54) is 5.01 Å². The van der Waals surface area contributed by atoms with Crippen LogP contribution in [0.1, 0.15) is 29.7 Å². The van der Waals surface area contributed by atoms with Gasteiger partial charge < -0.3 is 0 Å². The highest BCUT2D eigenvalue weighted by molar-refractivity contribution is 7.16. The highest BCUT2D eigenvalue weighted by atomic mass is 32.1. The van der Waals surface area contributed by atoms with E-state index in [1.54, 1.807) is 11.3 Å². The van der Waals surface area contributed by atoms with E-state index in [0.717, 1.165) is 29.2 Å². The molecule has 2 heterocycles. The molecule has 0 unspecified atom stereocenters. The first-order valence-electron chi connectivity index (χ1n) is 4.86. The van der Waals surface area contributed by atoms with Gasteiger partial charge in [-0.3, -0.25) is 0 Å². The van der Waals surface area contributed by atoms with Gasteiger partial charge in [0.2, 0.25) is 0 Å². The Morgan fingerprint density at radius 1 is 1.43 bits per heavy atom. The Labute approximate surface area is 87.4 Å². The Bertz CT molecular complexity index is 462. The van der Waals surface area contributed by atoms with Gasteiger partial charge in [-0.1, -0.05) is 16.5 Å². The van der Waals surface area contributed by atoms with E-state index in [2.05, 4.69) is 30.0 Å². The topological polar surface area (TPSA) is 29.9 Å². The Morgan fingerprint density at radius 2 is 2.21 bits per heavy atom. The van der Waals surface area contributed by atoms with Crippen molar-refractivity contribution in [2.45, 2.75) is 33.6 Å². The van der Waals surface area contributed by atoms with Crippen LogP contribution in [0.15, 0.2) is 6.07 Å². The van der Waals surface area contributed by atoms with Gasteiger partial charge in [0.05, 0.1) is 0 Å². The first kappa shape index (κ1) is 9.52. The van der Waals surface area contributed by atoms with Crippen LogP contribution in [-0.2, 0) is 6.42 Å². The minimum Gasteiger partial charge on any atom is -0.0880 e. The lowest BCUT2D eigenvalue weighted by atomic mass is 10.3. The Kier molecular flexibility index (Phi) is 2.46. The maximum absolute atomic E-state index is 4.52. The molecule has 0 N–H and O–H groups in total. The van der Waals surface area contributed by atoms with Crippen molar-refractivity contribution < 1.29 is 4.52 Å². The van der Waals surface area contributed by atoms with E-state index in [4.69, 9.17) is 0 Å². The average molecular weight is 208 g/mol. The van der Waals surface area contributed by atoms with Crippen molar-refractivity contribution in [2.24, 2.45) is 0 Å². The van der Waals surface area contributed by atoms with E-state index in [0.29, 0.717) is 0 Å². The van der Waals surface area contributed by atoms with Crippen molar-refractivity contribution in [3.63, 3.8) is 0 Å². The first-order valence-corrected chi connectivity index (χ1v) is 5.68. The van der Waals surface area contributed by atoms with Gasteiger partial charge in [0, 0.05) is 26.3 Å². The fraction of sp³-hybridized carbons (Fsp3) is 0.500. The highest BCUT2D eigenvalue weighted by Crippen LogP contribution is 2.11. The van der Waals surface area contributed by atoms with Crippen LogP contribution in [0.3, 0.4) is 0 Å². The Balaban J connectivity index is 2.58. The van der Waals surface area contributed by atoms with E-state index < -0.39 is 0 Å². The van der Waals surface area contributed by atoms with Gasteiger partial charge in [-0.2, -0.15) is 0 Å². The van der Waals surface area contributed by atoms with Gasteiger partial charge in [0.25, 0.3) is 0 Å². The third kappa shape index (κ3) is 1.62. The van der Waals surface area contributed by atoms with Gasteiger partial charge in [-0.05, 0) is 22.7 Å². The van der Waals surface area contributed by atoms with Gasteiger partial charge in [0.15, 0.2) is 5.69 Å². The van der Waals surface area contributed by atoms with E-state index in [9.17, 15) is 0 Å². The van der Waals surface area contributed by atoms with Gasteiger partial charge in [-0.15, -0.1) is 0 Å². The maximum Gasteiger partial charge on any atom is 0.410 e. The predicted molar refractivity (Wildman–Crippen MR) is 56.5 cm³/mol. The molecule has 0 fully saturated rings. The molecule has 3 nitrogen and oxygen atoms in total. The van der Waals surface area contributed by atoms with Gasteiger partial charge in [-0.25, -0.2) is 0 Å². The molecule has 0 spiro atoms. The van der Waals surface area contributed by atoms with Crippen LogP contribution in [0, 0.1) is 13.8 Å². The lowest BCUT2D eigenvalue weighted by Crippen LogP contribution is -2.28. The third-order valence-electron chi connectivity index (χ3n) is 2.09. The average Bonchev–Trinajstić information content (AvgIpc) is 2.48. The number of aromatic nitrogens is 3. The van der Waals surface area contributed by atoms with Gasteiger partial charge in [0.1, 0.15) is 10.7 Å². The zero-order valence-corrected chi connectivity index (χ0v) is 9.56. The SMILES string of the molecule is CCCc1n[n+]2c(C)cc(C)nc2s1. The second kappa shape index (κ2) is 3.61. The molecule has 2 aromatic heterocycles. The molecule has 0 saturated heterocycles. The summed E-state index contributed by atoms with van der Waals surface area (Å²) < 4.78 is 1.93. The molecular formula is C10H14N3S+. The van der Waals surface area contributed by atoms with E-state index >= 15 is 0 Å². The Hall–Kier alpha value is -1.03. The smallest absolute Gasteiger partial charge is 0.0880 e. The van der Waals surface area contributed by atoms with Crippen LogP contribution in [0.4, 0.5) is 0 Å². The monoisotopic (exact) mass is 208 g/mol. The van der Waals surface area contributed by atoms with Crippen molar-refractivity contribution in [3.05, 3.63) is 22.5 Å². The molecule has 4 heteroatoms. The molecule has 2 rings (SSSR count). The number of aryl methyl sites for hydroxylation is 3. The van der Waals surface area contributed by atoms with Crippen LogP contribution in [0.5, 0.6) is 0 Å². The molecule has 0 radical (unpaired) electrons. The van der Waals surface area contributed by atoms with Crippen molar-refractivity contribution >= 4 is 16.3 Å². The molecule has 0 aliphatic heterocycles. The summed E-state index contributed by atoms with van der Waals surface area (Å²) in [7, 11) is 0. The zero-order chi connectivity index (χ0) is 10.1. The summed E-state index contributed by atoms with van der Waals surface area (Å²) in [5.74, 6) is 0. The highest BCUT2D eigenvalue weighted by Gasteiger charge is 2.15. The summed E-state index contributed by atoms with van der Waals surface area (Å²) in [6.45, 7) is 6.26. The molecule has 2 aromatic rings. The second-order valence-electron chi connectivity index (χ2n) is 3.48. The molecule has 0 atom stereocenters. The molecule has 74 valence electrons. The number of hydrogen-bond acceptors (Lipinski definition) is 3. The van der Waals surface area contributed by atoms with Crippen molar-refractivity contribution in [1.29, 1.82) is 0 Å². The number of hydrogen-bond donors (Lipinski definition) is 0. The Morgan fingerprint density at radius 3 is 2.93 bits per heavy atom. The molecular weight excluding hydrogens is 194 g/mol. The minimum absolute atomic E-state index is 1.01. The number of nitrogens with zero attached hydrogens (tertiary/aromatic N) is 3. The number of fused-ring (bicyclic) bond motifs is 1. The lowest BCUT2D eigenvalue weighted by Gasteiger charge is -1.87. The largest absolute Gasteiger partial charge is 0.410 e. The molecule has 0 bridgehead atoms. The van der Waals surface area contributed by atoms with Crippen LogP contribution in [0.25, 0.3) is 4.96 Å². The van der Waals surface area contributed by atoms with E-state index in [1.807, 2.05) is 11.4 Å². The summed E-state index contributed by atoms with van der Waals surface area (Å²) in [6, 6.07) is 2.06. The third-order valence-corrected chi connectivity index (χ3v) is 3.06. The van der Waals surface area contributed by atoms with Crippen LogP contribution in [-0.4, -0.2) is 10.1 Å². The summed E-state index contributed by atoms with van der Waals surface area (Å²) in [6.07, 6.45) is 2.19. The second-order valence-corrected chi connectivity index (χ2v) is 4.52. The molecule has 0 aromatic carbocycles. The predicted octanol–water partition coefficient (Wildman–Crippen LogP) is 1.85. The van der Waals surface area contributed by atoms with E-state index in [-0.39, 0.29) is 0 Å². The summed E-state index contributed by atoms with van der Waals surface area (Å²) in [5.41, 5.74) is 2.22. The molecule has 0 aliphatic rings. The zero-order valence-electron chi connectivity index (χ0n) is 8.74. The van der Waals surface area contributed by atoms with Crippen LogP contribution >= 0.6 is 11.3 Å².